The summed E-state index contributed by atoms with van der Waals surface area (Å²) in [6.45, 7) is 0. The Bertz CT molecular complexity index is 1060. The van der Waals surface area contributed by atoms with Crippen molar-refractivity contribution in [3.63, 3.8) is 0 Å². The highest BCUT2D eigenvalue weighted by molar-refractivity contribution is 7.91. The molecule has 0 spiro atoms. The predicted molar refractivity (Wildman–Crippen MR) is 115 cm³/mol. The summed E-state index contributed by atoms with van der Waals surface area (Å²) >= 11 is 7.01. The summed E-state index contributed by atoms with van der Waals surface area (Å²) in [5, 5.41) is 0. The van der Waals surface area contributed by atoms with E-state index in [4.69, 9.17) is 11.6 Å². The van der Waals surface area contributed by atoms with Crippen LogP contribution in [0.4, 0.5) is 0 Å². The second kappa shape index (κ2) is 8.22. The van der Waals surface area contributed by atoms with Gasteiger partial charge in [-0.25, -0.2) is 17.9 Å². The number of sulfonamides is 1. The van der Waals surface area contributed by atoms with E-state index >= 15 is 0 Å². The lowest BCUT2D eigenvalue weighted by Gasteiger charge is -2.23. The Hall–Kier alpha value is -1.67. The monoisotopic (exact) mass is 451 g/mol. The molecule has 154 valence electrons. The summed E-state index contributed by atoms with van der Waals surface area (Å²) in [5.74, 6) is 0.149. The lowest BCUT2D eigenvalue weighted by atomic mass is 9.92. The van der Waals surface area contributed by atoms with Crippen LogP contribution in [0.2, 0.25) is 4.34 Å². The van der Waals surface area contributed by atoms with Gasteiger partial charge < -0.3 is 4.74 Å². The Morgan fingerprint density at radius 3 is 2.55 bits per heavy atom. The van der Waals surface area contributed by atoms with Crippen LogP contribution in [0, 0.1) is 11.8 Å². The molecule has 1 fully saturated rings. The molecule has 0 aliphatic heterocycles. The molecule has 0 amide bonds. The summed E-state index contributed by atoms with van der Waals surface area (Å²) in [5.41, 5.74) is 3.43. The average Bonchev–Trinajstić information content (AvgIpc) is 3.23. The Morgan fingerprint density at radius 1 is 1.17 bits per heavy atom. The summed E-state index contributed by atoms with van der Waals surface area (Å²) < 4.78 is 34.0. The molecule has 2 aliphatic rings. The van der Waals surface area contributed by atoms with Gasteiger partial charge >= 0.3 is 5.97 Å². The molecule has 8 heteroatoms. The number of ether oxygens (including phenoxy) is 1. The SMILES string of the molecule is COC(=O)/C=C\c1ccc2c(c1)CC1CCC(C2)C1NS(=O)(=O)c1ccc(Cl)s1. The molecule has 1 aromatic heterocycles. The van der Waals surface area contributed by atoms with E-state index in [0.717, 1.165) is 42.6 Å². The number of hydrogen-bond donors (Lipinski definition) is 1. The number of halogens is 1. The fourth-order valence-corrected chi connectivity index (χ4v) is 7.31. The molecular formula is C21H22ClNO4S2. The number of esters is 1. The highest BCUT2D eigenvalue weighted by Gasteiger charge is 2.41. The van der Waals surface area contributed by atoms with E-state index in [1.165, 1.54) is 24.3 Å². The molecule has 3 unspecified atom stereocenters. The van der Waals surface area contributed by atoms with E-state index in [0.29, 0.717) is 4.34 Å². The number of nitrogens with one attached hydrogen (secondary N) is 1. The Balaban J connectivity index is 1.55. The highest BCUT2D eigenvalue weighted by Crippen LogP contribution is 2.41. The molecule has 0 radical (unpaired) electrons. The van der Waals surface area contributed by atoms with Crippen molar-refractivity contribution in [2.75, 3.05) is 7.11 Å². The average molecular weight is 452 g/mol. The van der Waals surface area contributed by atoms with E-state index < -0.39 is 10.0 Å². The van der Waals surface area contributed by atoms with Gasteiger partial charge in [0, 0.05) is 12.1 Å². The third-order valence-corrected chi connectivity index (χ3v) is 9.02. The van der Waals surface area contributed by atoms with Gasteiger partial charge in [-0.2, -0.15) is 0 Å². The summed E-state index contributed by atoms with van der Waals surface area (Å²) in [6.07, 6.45) is 6.86. The van der Waals surface area contributed by atoms with Crippen molar-refractivity contribution < 1.29 is 17.9 Å². The molecular weight excluding hydrogens is 430 g/mol. The number of fused-ring (bicyclic) bond motifs is 3. The van der Waals surface area contributed by atoms with E-state index in [2.05, 4.69) is 21.6 Å². The van der Waals surface area contributed by atoms with Gasteiger partial charge in [0.05, 0.1) is 11.4 Å². The first kappa shape index (κ1) is 20.6. The molecule has 2 bridgehead atoms. The van der Waals surface area contributed by atoms with Crippen LogP contribution in [-0.4, -0.2) is 27.5 Å². The fraction of sp³-hybridized carbons (Fsp3) is 0.381. The molecule has 1 heterocycles. The molecule has 4 rings (SSSR count). The maximum atomic E-state index is 12.8. The summed E-state index contributed by atoms with van der Waals surface area (Å²) in [7, 11) is -2.22. The molecule has 1 saturated carbocycles. The van der Waals surface area contributed by atoms with Crippen LogP contribution in [0.3, 0.4) is 0 Å². The maximum Gasteiger partial charge on any atom is 0.330 e. The Kier molecular flexibility index (Phi) is 5.84. The number of carbonyl (C=O) groups is 1. The van der Waals surface area contributed by atoms with Crippen molar-refractivity contribution in [2.24, 2.45) is 11.8 Å². The number of rotatable bonds is 5. The number of benzene rings is 1. The third kappa shape index (κ3) is 4.43. The molecule has 2 aliphatic carbocycles. The van der Waals surface area contributed by atoms with E-state index in [1.807, 2.05) is 6.07 Å². The minimum Gasteiger partial charge on any atom is -0.466 e. The zero-order chi connectivity index (χ0) is 20.6. The van der Waals surface area contributed by atoms with Gasteiger partial charge in [0.1, 0.15) is 4.21 Å². The van der Waals surface area contributed by atoms with Gasteiger partial charge in [0.2, 0.25) is 10.0 Å². The fourth-order valence-electron chi connectivity index (χ4n) is 4.44. The van der Waals surface area contributed by atoms with Gasteiger partial charge in [-0.1, -0.05) is 29.8 Å². The van der Waals surface area contributed by atoms with Crippen LogP contribution in [0.5, 0.6) is 0 Å². The second-order valence-electron chi connectivity index (χ2n) is 7.60. The van der Waals surface area contributed by atoms with Crippen molar-refractivity contribution >= 4 is 45.0 Å². The molecule has 3 atom stereocenters. The smallest absolute Gasteiger partial charge is 0.330 e. The molecule has 2 aromatic rings. The Morgan fingerprint density at radius 2 is 1.90 bits per heavy atom. The van der Waals surface area contributed by atoms with Gasteiger partial charge in [-0.3, -0.25) is 0 Å². The topological polar surface area (TPSA) is 72.5 Å². The van der Waals surface area contributed by atoms with Crippen molar-refractivity contribution in [3.05, 3.63) is 57.4 Å². The van der Waals surface area contributed by atoms with Gasteiger partial charge in [0.25, 0.3) is 0 Å². The zero-order valence-electron chi connectivity index (χ0n) is 15.9. The standard InChI is InChI=1S/C21H22ClNO4S2/c1-27-19(24)8-3-13-2-4-14-11-15-5-6-16(12-17(14)10-13)21(15)23-29(25,26)20-9-7-18(22)28-20/h2-4,7-10,15-16,21,23H,5-6,11-12H2,1H3/b8-3-. The van der Waals surface area contributed by atoms with Gasteiger partial charge in [-0.05, 0) is 72.4 Å². The van der Waals surface area contributed by atoms with Crippen LogP contribution in [0.1, 0.15) is 29.5 Å². The van der Waals surface area contributed by atoms with Crippen molar-refractivity contribution in [3.8, 4) is 0 Å². The predicted octanol–water partition coefficient (Wildman–Crippen LogP) is 4.06. The van der Waals surface area contributed by atoms with Crippen LogP contribution in [-0.2, 0) is 32.4 Å². The Labute approximate surface area is 179 Å². The second-order valence-corrected chi connectivity index (χ2v) is 11.3. The van der Waals surface area contributed by atoms with Crippen LogP contribution in [0.25, 0.3) is 6.08 Å². The van der Waals surface area contributed by atoms with Crippen molar-refractivity contribution in [1.29, 1.82) is 0 Å². The number of hydrogen-bond acceptors (Lipinski definition) is 5. The summed E-state index contributed by atoms with van der Waals surface area (Å²) in [4.78, 5) is 11.3. The van der Waals surface area contributed by atoms with Gasteiger partial charge in [-0.15, -0.1) is 11.3 Å². The van der Waals surface area contributed by atoms with Crippen molar-refractivity contribution in [1.82, 2.24) is 4.72 Å². The lowest BCUT2D eigenvalue weighted by Crippen LogP contribution is -2.41. The number of thiophene rings is 1. The summed E-state index contributed by atoms with van der Waals surface area (Å²) in [6, 6.07) is 9.27. The third-order valence-electron chi connectivity index (χ3n) is 5.84. The van der Waals surface area contributed by atoms with Gasteiger partial charge in [0.15, 0.2) is 0 Å². The molecule has 29 heavy (non-hydrogen) atoms. The molecule has 1 N–H and O–H groups in total. The van der Waals surface area contributed by atoms with Crippen molar-refractivity contribution in [2.45, 2.75) is 35.9 Å². The van der Waals surface area contributed by atoms with Crippen LogP contribution in [0.15, 0.2) is 40.6 Å². The molecule has 1 aromatic carbocycles. The first-order valence-corrected chi connectivity index (χ1v) is 12.2. The maximum absolute atomic E-state index is 12.8. The van der Waals surface area contributed by atoms with E-state index in [9.17, 15) is 13.2 Å². The minimum absolute atomic E-state index is 0.0812. The van der Waals surface area contributed by atoms with Crippen LogP contribution < -0.4 is 4.72 Å². The lowest BCUT2D eigenvalue weighted by molar-refractivity contribution is -0.134. The minimum atomic E-state index is -3.58. The largest absolute Gasteiger partial charge is 0.466 e. The van der Waals surface area contributed by atoms with E-state index in [-0.39, 0.29) is 28.1 Å². The number of methoxy groups -OCH3 is 1. The normalized spacial score (nSPS) is 23.7. The first-order chi connectivity index (χ1) is 13.9. The van der Waals surface area contributed by atoms with Crippen LogP contribution >= 0.6 is 22.9 Å². The first-order valence-electron chi connectivity index (χ1n) is 9.51. The number of carbonyl (C=O) groups excluding carboxylic acids is 1. The quantitative estimate of drug-likeness (QED) is 0.549. The zero-order valence-corrected chi connectivity index (χ0v) is 18.3. The molecule has 0 saturated heterocycles. The molecule has 5 nitrogen and oxygen atoms in total. The highest BCUT2D eigenvalue weighted by atomic mass is 35.5. The van der Waals surface area contributed by atoms with E-state index in [1.54, 1.807) is 18.2 Å².